The van der Waals surface area contributed by atoms with Crippen molar-refractivity contribution in [2.24, 2.45) is 0 Å². The Morgan fingerprint density at radius 2 is 1.67 bits per heavy atom. The van der Waals surface area contributed by atoms with Crippen LogP contribution in [0, 0.1) is 12.7 Å². The largest absolute Gasteiger partial charge is 0.384 e. The van der Waals surface area contributed by atoms with Crippen LogP contribution in [0.15, 0.2) is 60.7 Å². The van der Waals surface area contributed by atoms with E-state index in [0.717, 1.165) is 47.9 Å². The molecule has 0 aromatic heterocycles. The van der Waals surface area contributed by atoms with Crippen LogP contribution in [0.3, 0.4) is 0 Å². The highest BCUT2D eigenvalue weighted by molar-refractivity contribution is 6.25. The molecule has 4 heterocycles. The molecule has 3 saturated heterocycles. The Kier molecular flexibility index (Phi) is 10.8. The van der Waals surface area contributed by atoms with Crippen molar-refractivity contribution in [2.45, 2.75) is 57.2 Å². The molecule has 54 heavy (non-hydrogen) atoms. The summed E-state index contributed by atoms with van der Waals surface area (Å²) in [6, 6.07) is 18.3. The first-order valence-electron chi connectivity index (χ1n) is 18.8. The second kappa shape index (κ2) is 15.7. The number of halogens is 1. The Hall–Kier alpha value is -5.14. The van der Waals surface area contributed by atoms with Gasteiger partial charge in [0.15, 0.2) is 0 Å². The number of amides is 5. The van der Waals surface area contributed by atoms with Crippen LogP contribution in [0.1, 0.15) is 69.0 Å². The van der Waals surface area contributed by atoms with E-state index in [1.54, 1.807) is 30.3 Å². The van der Waals surface area contributed by atoms with E-state index in [1.165, 1.54) is 5.56 Å². The molecule has 0 saturated carbocycles. The molecule has 7 rings (SSSR count). The minimum absolute atomic E-state index is 0.0592. The third kappa shape index (κ3) is 7.47. The summed E-state index contributed by atoms with van der Waals surface area (Å²) in [7, 11) is 4.22. The van der Waals surface area contributed by atoms with E-state index >= 15 is 0 Å². The van der Waals surface area contributed by atoms with Crippen LogP contribution in [0.5, 0.6) is 0 Å². The van der Waals surface area contributed by atoms with Crippen LogP contribution in [0.2, 0.25) is 0 Å². The van der Waals surface area contributed by atoms with Gasteiger partial charge >= 0.3 is 0 Å². The molecule has 284 valence electrons. The third-order valence-corrected chi connectivity index (χ3v) is 11.4. The summed E-state index contributed by atoms with van der Waals surface area (Å²) in [5.74, 6) is -1.94. The lowest BCUT2D eigenvalue weighted by atomic mass is 9.93. The highest BCUT2D eigenvalue weighted by Gasteiger charge is 2.45. The maximum atomic E-state index is 14.6. The molecule has 4 aliphatic heterocycles. The molecule has 3 fully saturated rings. The van der Waals surface area contributed by atoms with Gasteiger partial charge in [-0.25, -0.2) is 4.39 Å². The van der Waals surface area contributed by atoms with E-state index in [0.29, 0.717) is 56.7 Å². The van der Waals surface area contributed by atoms with Crippen LogP contribution < -0.4 is 15.5 Å². The predicted octanol–water partition coefficient (Wildman–Crippen LogP) is 3.61. The number of piperidine rings is 1. The average molecular weight is 738 g/mol. The monoisotopic (exact) mass is 737 g/mol. The number of fused-ring (bicyclic) bond motifs is 1. The van der Waals surface area contributed by atoms with E-state index in [9.17, 15) is 28.4 Å². The minimum atomic E-state index is -1.02. The number of nitrogens with one attached hydrogen (secondary N) is 2. The van der Waals surface area contributed by atoms with E-state index < -0.39 is 29.7 Å². The maximum absolute atomic E-state index is 14.6. The lowest BCUT2D eigenvalue weighted by Gasteiger charge is -2.36. The standard InChI is InChI=1S/C41H48FN7O5/c1-26-7-4-9-32(42)30(26)23-46-24-31(35(25-46)45(2)3)27-12-14-28(15-13-27)47-19-21-48(22-20-47)37(51)11-6-18-43-33-10-5-8-29-38(33)41(54)49(40(29)53)34-16-17-36(50)44-39(34)52/h4-5,7-10,12-15,31,34-35,43H,6,11,16-25H2,1-3H3,(H,44,50,52)/t31-,34?,35+/m1/s1. The molecule has 2 N–H and O–H groups in total. The number of hydrogen-bond donors (Lipinski definition) is 2. The highest BCUT2D eigenvalue weighted by Crippen LogP contribution is 2.34. The zero-order valence-corrected chi connectivity index (χ0v) is 31.1. The first-order valence-corrected chi connectivity index (χ1v) is 18.8. The Labute approximate surface area is 315 Å². The Morgan fingerprint density at radius 1 is 0.926 bits per heavy atom. The molecule has 4 aliphatic rings. The quantitative estimate of drug-likeness (QED) is 0.225. The number of likely N-dealkylation sites (tertiary alicyclic amines) is 1. The fraction of sp³-hybridized carbons (Fsp3) is 0.439. The van der Waals surface area contributed by atoms with Gasteiger partial charge in [0.2, 0.25) is 17.7 Å². The lowest BCUT2D eigenvalue weighted by Crippen LogP contribution is -2.54. The summed E-state index contributed by atoms with van der Waals surface area (Å²) in [6.45, 7) is 7.45. The summed E-state index contributed by atoms with van der Waals surface area (Å²) in [4.78, 5) is 73.4. The normalized spacial score (nSPS) is 21.9. The van der Waals surface area contributed by atoms with Crippen LogP contribution in [-0.2, 0) is 20.9 Å². The third-order valence-electron chi connectivity index (χ3n) is 11.4. The van der Waals surface area contributed by atoms with Gasteiger partial charge in [0.05, 0.1) is 11.1 Å². The molecular formula is C41H48FN7O5. The number of carbonyl (C=O) groups excluding carboxylic acids is 5. The number of imide groups is 2. The van der Waals surface area contributed by atoms with E-state index in [4.69, 9.17) is 0 Å². The van der Waals surface area contributed by atoms with E-state index in [1.807, 2.05) is 17.9 Å². The molecule has 0 bridgehead atoms. The average Bonchev–Trinajstić information content (AvgIpc) is 3.70. The van der Waals surface area contributed by atoms with Gasteiger partial charge in [-0.15, -0.1) is 0 Å². The molecule has 13 heteroatoms. The Morgan fingerprint density at radius 3 is 2.37 bits per heavy atom. The van der Waals surface area contributed by atoms with Crippen LogP contribution >= 0.6 is 0 Å². The van der Waals surface area contributed by atoms with Crippen LogP contribution in [0.25, 0.3) is 0 Å². The van der Waals surface area contributed by atoms with Gasteiger partial charge in [0, 0.05) is 94.1 Å². The molecule has 0 spiro atoms. The molecule has 1 unspecified atom stereocenters. The van der Waals surface area contributed by atoms with Gasteiger partial charge in [0.1, 0.15) is 11.9 Å². The molecule has 3 atom stereocenters. The number of anilines is 2. The summed E-state index contributed by atoms with van der Waals surface area (Å²) in [6.07, 6.45) is 1.03. The maximum Gasteiger partial charge on any atom is 0.264 e. The molecule has 0 radical (unpaired) electrons. The summed E-state index contributed by atoms with van der Waals surface area (Å²) >= 11 is 0. The van der Waals surface area contributed by atoms with Gasteiger partial charge in [-0.1, -0.05) is 30.3 Å². The van der Waals surface area contributed by atoms with Crippen molar-refractivity contribution in [2.75, 3.05) is 70.1 Å². The van der Waals surface area contributed by atoms with Gasteiger partial charge in [-0.05, 0) is 75.3 Å². The number of aryl methyl sites for hydroxylation is 1. The molecular weight excluding hydrogens is 689 g/mol. The SMILES string of the molecule is Cc1cccc(F)c1CN1C[C@H](c2ccc(N3CCN(C(=O)CCCNc4cccc5c4C(=O)N(C4CCC(=O)NC4=O)C5=O)CC3)cc2)[C@@H](N(C)C)C1. The van der Waals surface area contributed by atoms with E-state index in [-0.39, 0.29) is 35.7 Å². The van der Waals surface area contributed by atoms with Gasteiger partial charge in [-0.3, -0.25) is 39.1 Å². The molecule has 12 nitrogen and oxygen atoms in total. The van der Waals surface area contributed by atoms with Crippen molar-refractivity contribution in [3.8, 4) is 0 Å². The summed E-state index contributed by atoms with van der Waals surface area (Å²) in [5, 5.41) is 5.44. The second-order valence-corrected chi connectivity index (χ2v) is 15.0. The van der Waals surface area contributed by atoms with Gasteiger partial charge in [0.25, 0.3) is 11.8 Å². The van der Waals surface area contributed by atoms with Crippen molar-refractivity contribution in [3.63, 3.8) is 0 Å². The number of rotatable bonds is 11. The number of nitrogens with zero attached hydrogens (tertiary/aromatic N) is 5. The second-order valence-electron chi connectivity index (χ2n) is 15.0. The number of piperazine rings is 1. The van der Waals surface area contributed by atoms with Crippen molar-refractivity contribution in [1.82, 2.24) is 24.9 Å². The van der Waals surface area contributed by atoms with E-state index in [2.05, 4.69) is 63.7 Å². The smallest absolute Gasteiger partial charge is 0.264 e. The van der Waals surface area contributed by atoms with Gasteiger partial charge < -0.3 is 20.0 Å². The lowest BCUT2D eigenvalue weighted by molar-refractivity contribution is -0.136. The summed E-state index contributed by atoms with van der Waals surface area (Å²) in [5.41, 5.74) is 5.06. The fourth-order valence-electron chi connectivity index (χ4n) is 8.37. The number of likely N-dealkylation sites (N-methyl/N-ethyl adjacent to an activating group) is 1. The first kappa shape index (κ1) is 37.2. The van der Waals surface area contributed by atoms with Crippen molar-refractivity contribution < 1.29 is 28.4 Å². The molecule has 3 aromatic carbocycles. The first-order chi connectivity index (χ1) is 26.0. The zero-order chi connectivity index (χ0) is 38.1. The number of carbonyl (C=O) groups is 5. The Balaban J connectivity index is 0.880. The fourth-order valence-corrected chi connectivity index (χ4v) is 8.37. The number of hydrogen-bond acceptors (Lipinski definition) is 9. The highest BCUT2D eigenvalue weighted by atomic mass is 19.1. The van der Waals surface area contributed by atoms with Crippen LogP contribution in [0.4, 0.5) is 15.8 Å². The minimum Gasteiger partial charge on any atom is -0.384 e. The molecule has 0 aliphatic carbocycles. The zero-order valence-electron chi connectivity index (χ0n) is 31.1. The Bertz CT molecular complexity index is 1920. The summed E-state index contributed by atoms with van der Waals surface area (Å²) < 4.78 is 14.6. The molecule has 3 aromatic rings. The van der Waals surface area contributed by atoms with Crippen molar-refractivity contribution >= 4 is 40.9 Å². The van der Waals surface area contributed by atoms with Crippen molar-refractivity contribution in [1.29, 1.82) is 0 Å². The van der Waals surface area contributed by atoms with Crippen LogP contribution in [-0.4, -0.2) is 121 Å². The predicted molar refractivity (Wildman–Crippen MR) is 203 cm³/mol. The number of benzene rings is 3. The van der Waals surface area contributed by atoms with Crippen molar-refractivity contribution in [3.05, 3.63) is 94.3 Å². The molecule has 5 amide bonds. The van der Waals surface area contributed by atoms with Gasteiger partial charge in [-0.2, -0.15) is 0 Å². The topological polar surface area (TPSA) is 126 Å².